The number of ether oxygens (including phenoxy) is 2. The molecule has 212 valence electrons. The maximum atomic E-state index is 15.8. The van der Waals surface area contributed by atoms with Crippen LogP contribution in [0.5, 0.6) is 5.75 Å². The van der Waals surface area contributed by atoms with Crippen molar-refractivity contribution in [2.45, 2.75) is 44.8 Å². The first kappa shape index (κ1) is 28.2. The normalized spacial score (nSPS) is 17.3. The van der Waals surface area contributed by atoms with Crippen molar-refractivity contribution >= 4 is 22.6 Å². The van der Waals surface area contributed by atoms with Gasteiger partial charge in [0, 0.05) is 34.9 Å². The zero-order valence-corrected chi connectivity index (χ0v) is 22.9. The fourth-order valence-corrected chi connectivity index (χ4v) is 5.14. The fourth-order valence-electron chi connectivity index (χ4n) is 5.14. The van der Waals surface area contributed by atoms with Gasteiger partial charge in [0.05, 0.1) is 24.1 Å². The molecule has 4 aromatic rings. The zero-order chi connectivity index (χ0) is 29.7. The lowest BCUT2D eigenvalue weighted by Crippen LogP contribution is -2.32. The number of benzene rings is 2. The molecule has 5 rings (SSSR count). The zero-order valence-electron chi connectivity index (χ0n) is 22.9. The summed E-state index contributed by atoms with van der Waals surface area (Å²) >= 11 is 0. The second-order valence-electron chi connectivity index (χ2n) is 10.7. The van der Waals surface area contributed by atoms with Gasteiger partial charge < -0.3 is 20.3 Å². The van der Waals surface area contributed by atoms with Gasteiger partial charge in [-0.15, -0.1) is 5.10 Å². The van der Waals surface area contributed by atoms with Crippen LogP contribution in [0.25, 0.3) is 22.2 Å². The van der Waals surface area contributed by atoms with E-state index in [-0.39, 0.29) is 59.1 Å². The van der Waals surface area contributed by atoms with Crippen molar-refractivity contribution in [3.63, 3.8) is 0 Å². The number of aryl methyl sites for hydroxylation is 1. The highest BCUT2D eigenvalue weighted by atomic mass is 19.1. The Balaban J connectivity index is 1.77. The maximum absolute atomic E-state index is 15.8. The van der Waals surface area contributed by atoms with E-state index in [4.69, 9.17) is 15.2 Å². The molecule has 3 N–H and O–H groups in total. The molecule has 0 spiro atoms. The second kappa shape index (κ2) is 10.2. The fraction of sp³-hybridized carbons (Fsp3) is 0.300. The summed E-state index contributed by atoms with van der Waals surface area (Å²) in [4.78, 5) is 29.4. The number of pyridine rings is 1. The number of rotatable bonds is 7. The molecule has 11 heteroatoms. The number of halogens is 2. The summed E-state index contributed by atoms with van der Waals surface area (Å²) in [6.07, 6.45) is -0.0650. The third-order valence-electron chi connectivity index (χ3n) is 7.30. The van der Waals surface area contributed by atoms with E-state index in [1.165, 1.54) is 57.4 Å². The molecule has 1 fully saturated rings. The summed E-state index contributed by atoms with van der Waals surface area (Å²) in [6.45, 7) is 4.37. The lowest BCUT2D eigenvalue weighted by atomic mass is 9.83. The molecule has 0 radical (unpaired) electrons. The standard InChI is InChI=1S/C30H28F2N4O5/c1-15-21(20-9-17(28(33)38)10-23(40-4)27(20)36-35-15)13-30(12-19(37)14-41-30)24-11-22(29(2,3)39)25(32)26(34-24)16-5-7-18(31)8-6-16/h5-11,39H,12-14H2,1-4H3,(H2,33,38). The number of nitrogens with zero attached hydrogens (tertiary/aromatic N) is 3. The van der Waals surface area contributed by atoms with Gasteiger partial charge in [0.1, 0.15) is 35.0 Å². The average Bonchev–Trinajstić information content (AvgIpc) is 3.30. The van der Waals surface area contributed by atoms with E-state index in [1.54, 1.807) is 13.0 Å². The van der Waals surface area contributed by atoms with Gasteiger partial charge in [0.2, 0.25) is 5.91 Å². The number of aliphatic hydroxyl groups is 1. The molecule has 9 nitrogen and oxygen atoms in total. The highest BCUT2D eigenvalue weighted by molar-refractivity contribution is 6.00. The molecule has 41 heavy (non-hydrogen) atoms. The van der Waals surface area contributed by atoms with Gasteiger partial charge in [-0.05, 0) is 68.8 Å². The van der Waals surface area contributed by atoms with Crippen LogP contribution in [0.4, 0.5) is 8.78 Å². The van der Waals surface area contributed by atoms with Gasteiger partial charge >= 0.3 is 0 Å². The first-order valence-electron chi connectivity index (χ1n) is 12.8. The second-order valence-corrected chi connectivity index (χ2v) is 10.7. The van der Waals surface area contributed by atoms with Crippen LogP contribution in [0.2, 0.25) is 0 Å². The Hall–Kier alpha value is -4.35. The minimum Gasteiger partial charge on any atom is -0.494 e. The van der Waals surface area contributed by atoms with E-state index in [0.29, 0.717) is 22.2 Å². The Kier molecular flexibility index (Phi) is 7.04. The van der Waals surface area contributed by atoms with E-state index in [0.717, 1.165) is 0 Å². The number of fused-ring (bicyclic) bond motifs is 1. The Morgan fingerprint density at radius 2 is 1.88 bits per heavy atom. The van der Waals surface area contributed by atoms with Crippen LogP contribution in [0, 0.1) is 18.6 Å². The Morgan fingerprint density at radius 3 is 2.46 bits per heavy atom. The summed E-state index contributed by atoms with van der Waals surface area (Å²) < 4.78 is 41.1. The number of methoxy groups -OCH3 is 1. The van der Waals surface area contributed by atoms with Crippen LogP contribution in [0.15, 0.2) is 42.5 Å². The number of Topliss-reactive ketones (excluding diaryl/α,β-unsaturated/α-hetero) is 1. The van der Waals surface area contributed by atoms with Crippen LogP contribution in [-0.4, -0.2) is 45.7 Å². The number of aromatic nitrogens is 3. The molecule has 2 aromatic carbocycles. The molecule has 3 heterocycles. The monoisotopic (exact) mass is 562 g/mol. The molecule has 0 saturated carbocycles. The summed E-state index contributed by atoms with van der Waals surface area (Å²) in [7, 11) is 1.43. The van der Waals surface area contributed by atoms with Gasteiger partial charge in [-0.1, -0.05) is 0 Å². The van der Waals surface area contributed by atoms with Gasteiger partial charge in [-0.3, -0.25) is 9.59 Å². The van der Waals surface area contributed by atoms with E-state index < -0.39 is 28.7 Å². The third kappa shape index (κ3) is 5.14. The van der Waals surface area contributed by atoms with Crippen LogP contribution in [0.3, 0.4) is 0 Å². The van der Waals surface area contributed by atoms with Crippen molar-refractivity contribution in [3.8, 4) is 17.0 Å². The molecule has 2 aromatic heterocycles. The van der Waals surface area contributed by atoms with Crippen molar-refractivity contribution < 1.29 is 33.0 Å². The third-order valence-corrected chi connectivity index (χ3v) is 7.30. The molecule has 1 amide bonds. The SMILES string of the molecule is COc1cc(C(N)=O)cc2c(CC3(c4cc(C(C)(C)O)c(F)c(-c5ccc(F)cc5)n4)CC(=O)CO3)c(C)nnc12. The quantitative estimate of drug-likeness (QED) is 0.344. The molecule has 0 aliphatic carbocycles. The highest BCUT2D eigenvalue weighted by Gasteiger charge is 2.45. The van der Waals surface area contributed by atoms with Crippen molar-refractivity contribution in [3.05, 3.63) is 82.2 Å². The highest BCUT2D eigenvalue weighted by Crippen LogP contribution is 2.42. The minimum atomic E-state index is -1.63. The van der Waals surface area contributed by atoms with Crippen LogP contribution >= 0.6 is 0 Å². The van der Waals surface area contributed by atoms with Gasteiger partial charge in [-0.2, -0.15) is 5.10 Å². The summed E-state index contributed by atoms with van der Waals surface area (Å²) in [5, 5.41) is 19.9. The molecular weight excluding hydrogens is 534 g/mol. The molecular formula is C30H28F2N4O5. The number of hydrogen-bond acceptors (Lipinski definition) is 8. The van der Waals surface area contributed by atoms with Crippen molar-refractivity contribution in [1.82, 2.24) is 15.2 Å². The summed E-state index contributed by atoms with van der Waals surface area (Å²) in [5.74, 6) is -1.89. The molecule has 1 saturated heterocycles. The van der Waals surface area contributed by atoms with Gasteiger partial charge in [-0.25, -0.2) is 13.8 Å². The maximum Gasteiger partial charge on any atom is 0.248 e. The number of nitrogens with two attached hydrogens (primary N) is 1. The number of primary amides is 1. The van der Waals surface area contributed by atoms with Crippen molar-refractivity contribution in [2.75, 3.05) is 13.7 Å². The predicted molar refractivity (Wildman–Crippen MR) is 145 cm³/mol. The van der Waals surface area contributed by atoms with Crippen LogP contribution in [-0.2, 0) is 27.2 Å². The minimum absolute atomic E-state index is 0.0365. The lowest BCUT2D eigenvalue weighted by Gasteiger charge is -2.31. The van der Waals surface area contributed by atoms with E-state index >= 15 is 4.39 Å². The predicted octanol–water partition coefficient (Wildman–Crippen LogP) is 4.04. The lowest BCUT2D eigenvalue weighted by molar-refractivity contribution is -0.117. The Bertz CT molecular complexity index is 1700. The first-order valence-corrected chi connectivity index (χ1v) is 12.8. The van der Waals surface area contributed by atoms with E-state index in [1.807, 2.05) is 0 Å². The van der Waals surface area contributed by atoms with Crippen molar-refractivity contribution in [2.24, 2.45) is 5.73 Å². The number of ketones is 1. The van der Waals surface area contributed by atoms with Crippen LogP contribution < -0.4 is 10.5 Å². The molecule has 1 aliphatic rings. The van der Waals surface area contributed by atoms with E-state index in [9.17, 15) is 19.1 Å². The van der Waals surface area contributed by atoms with Crippen molar-refractivity contribution in [1.29, 1.82) is 0 Å². The average molecular weight is 563 g/mol. The molecule has 1 aliphatic heterocycles. The first-order chi connectivity index (χ1) is 19.3. The number of carbonyl (C=O) groups excluding carboxylic acids is 2. The molecule has 1 unspecified atom stereocenters. The Labute approximate surface area is 234 Å². The number of amides is 1. The van der Waals surface area contributed by atoms with Crippen LogP contribution in [0.1, 0.15) is 53.1 Å². The summed E-state index contributed by atoms with van der Waals surface area (Å²) in [6, 6.07) is 9.56. The topological polar surface area (TPSA) is 138 Å². The largest absolute Gasteiger partial charge is 0.494 e. The van der Waals surface area contributed by atoms with Gasteiger partial charge in [0.25, 0.3) is 0 Å². The summed E-state index contributed by atoms with van der Waals surface area (Å²) in [5.41, 5.74) is 4.45. The van der Waals surface area contributed by atoms with Gasteiger partial charge in [0.15, 0.2) is 11.6 Å². The Morgan fingerprint density at radius 1 is 1.17 bits per heavy atom. The number of carbonyl (C=O) groups is 2. The number of hydrogen-bond donors (Lipinski definition) is 2. The van der Waals surface area contributed by atoms with E-state index in [2.05, 4.69) is 15.2 Å². The molecule has 0 bridgehead atoms. The molecule has 1 atom stereocenters. The smallest absolute Gasteiger partial charge is 0.248 e.